The van der Waals surface area contributed by atoms with Gasteiger partial charge in [0.1, 0.15) is 5.69 Å². The van der Waals surface area contributed by atoms with Crippen molar-refractivity contribution in [3.8, 4) is 0 Å². The first-order valence-electron chi connectivity index (χ1n) is 6.43. The summed E-state index contributed by atoms with van der Waals surface area (Å²) in [6.45, 7) is 0.374. The topological polar surface area (TPSA) is 3.24 Å². The van der Waals surface area contributed by atoms with Crippen LogP contribution in [0.25, 0.3) is 10.8 Å². The normalized spacial score (nSPS) is 15.1. The third-order valence-electron chi connectivity index (χ3n) is 3.74. The summed E-state index contributed by atoms with van der Waals surface area (Å²) < 4.78 is 96.1. The first-order valence-corrected chi connectivity index (χ1v) is 6.43. The second-order valence-electron chi connectivity index (χ2n) is 4.99. The molecule has 0 atom stereocenters. The van der Waals surface area contributed by atoms with Crippen LogP contribution >= 0.6 is 0 Å². The quantitative estimate of drug-likeness (QED) is 0.427. The van der Waals surface area contributed by atoms with Crippen molar-refractivity contribution in [1.29, 1.82) is 0 Å². The third-order valence-corrected chi connectivity index (χ3v) is 3.74. The molecule has 8 heteroatoms. The fraction of sp³-hybridized carbons (Fsp3) is 0.286. The molecule has 1 aliphatic rings. The van der Waals surface area contributed by atoms with Crippen molar-refractivity contribution < 1.29 is 30.7 Å². The van der Waals surface area contributed by atoms with Crippen molar-refractivity contribution in [2.45, 2.75) is 12.8 Å². The van der Waals surface area contributed by atoms with Crippen LogP contribution in [-0.2, 0) is 0 Å². The van der Waals surface area contributed by atoms with Crippen LogP contribution in [0.4, 0.5) is 36.4 Å². The average molecular weight is 323 g/mol. The summed E-state index contributed by atoms with van der Waals surface area (Å²) in [6, 6.07) is 0. The highest BCUT2D eigenvalue weighted by molar-refractivity contribution is 5.89. The molecule has 0 amide bonds. The SMILES string of the molecule is Fc1c(F)c(F)c2c(F)c(N3CCCC3)c(F)c(F)c2c1F. The largest absolute Gasteiger partial charge is 0.367 e. The Kier molecular flexibility index (Phi) is 3.41. The van der Waals surface area contributed by atoms with Crippen LogP contribution in [0, 0.1) is 40.7 Å². The molecule has 0 spiro atoms. The second kappa shape index (κ2) is 5.03. The zero-order chi connectivity index (χ0) is 16.2. The number of anilines is 1. The molecule has 2 aromatic rings. The van der Waals surface area contributed by atoms with Gasteiger partial charge in [-0.2, -0.15) is 0 Å². The van der Waals surface area contributed by atoms with Gasteiger partial charge in [0.05, 0.1) is 10.8 Å². The van der Waals surface area contributed by atoms with E-state index in [1.807, 2.05) is 0 Å². The molecule has 0 unspecified atom stereocenters. The van der Waals surface area contributed by atoms with Crippen LogP contribution in [0.2, 0.25) is 0 Å². The highest BCUT2D eigenvalue weighted by atomic mass is 19.2. The van der Waals surface area contributed by atoms with E-state index in [0.717, 1.165) is 4.90 Å². The molecule has 2 aromatic carbocycles. The molecule has 0 aliphatic carbocycles. The predicted molar refractivity (Wildman–Crippen MR) is 65.1 cm³/mol. The lowest BCUT2D eigenvalue weighted by molar-refractivity contribution is 0.412. The van der Waals surface area contributed by atoms with E-state index in [0.29, 0.717) is 12.8 Å². The molecular weight excluding hydrogens is 315 g/mol. The molecule has 0 aromatic heterocycles. The maximum absolute atomic E-state index is 14.4. The zero-order valence-electron chi connectivity index (χ0n) is 10.9. The van der Waals surface area contributed by atoms with Gasteiger partial charge in [-0.15, -0.1) is 0 Å². The van der Waals surface area contributed by atoms with E-state index in [-0.39, 0.29) is 13.1 Å². The fourth-order valence-corrected chi connectivity index (χ4v) is 2.69. The number of fused-ring (bicyclic) bond motifs is 1. The molecular formula is C14H8F7N. The molecule has 118 valence electrons. The second-order valence-corrected chi connectivity index (χ2v) is 4.99. The molecule has 3 rings (SSSR count). The monoisotopic (exact) mass is 323 g/mol. The predicted octanol–water partition coefficient (Wildman–Crippen LogP) is 4.41. The minimum absolute atomic E-state index is 0.187. The Morgan fingerprint density at radius 1 is 0.500 bits per heavy atom. The molecule has 0 radical (unpaired) electrons. The van der Waals surface area contributed by atoms with Crippen LogP contribution in [0.5, 0.6) is 0 Å². The summed E-state index contributed by atoms with van der Waals surface area (Å²) in [4.78, 5) is 1.12. The Hall–Kier alpha value is -1.99. The molecule has 1 saturated heterocycles. The maximum Gasteiger partial charge on any atom is 0.198 e. The lowest BCUT2D eigenvalue weighted by atomic mass is 10.0. The van der Waals surface area contributed by atoms with Crippen LogP contribution in [0.3, 0.4) is 0 Å². The average Bonchev–Trinajstić information content (AvgIpc) is 3.00. The minimum Gasteiger partial charge on any atom is -0.367 e. The van der Waals surface area contributed by atoms with Gasteiger partial charge in [0.15, 0.2) is 40.7 Å². The smallest absolute Gasteiger partial charge is 0.198 e. The number of rotatable bonds is 1. The summed E-state index contributed by atoms with van der Waals surface area (Å²) in [5, 5.41) is -3.01. The summed E-state index contributed by atoms with van der Waals surface area (Å²) in [5.74, 6) is -14.2. The molecule has 0 bridgehead atoms. The zero-order valence-corrected chi connectivity index (χ0v) is 10.9. The van der Waals surface area contributed by atoms with E-state index < -0.39 is 57.2 Å². The number of nitrogens with zero attached hydrogens (tertiary/aromatic N) is 1. The van der Waals surface area contributed by atoms with E-state index in [4.69, 9.17) is 0 Å². The number of hydrogen-bond donors (Lipinski definition) is 0. The van der Waals surface area contributed by atoms with Gasteiger partial charge in [0.25, 0.3) is 0 Å². The van der Waals surface area contributed by atoms with Gasteiger partial charge >= 0.3 is 0 Å². The molecule has 1 fully saturated rings. The van der Waals surface area contributed by atoms with Gasteiger partial charge in [0.2, 0.25) is 0 Å². The Morgan fingerprint density at radius 2 is 0.909 bits per heavy atom. The highest BCUT2D eigenvalue weighted by Gasteiger charge is 2.32. The highest BCUT2D eigenvalue weighted by Crippen LogP contribution is 2.38. The first-order chi connectivity index (χ1) is 10.4. The molecule has 22 heavy (non-hydrogen) atoms. The lowest BCUT2D eigenvalue weighted by Crippen LogP contribution is -2.22. The van der Waals surface area contributed by atoms with Crippen molar-refractivity contribution in [1.82, 2.24) is 0 Å². The van der Waals surface area contributed by atoms with Crippen LogP contribution in [0.1, 0.15) is 12.8 Å². The van der Waals surface area contributed by atoms with Crippen LogP contribution < -0.4 is 4.90 Å². The Bertz CT molecular complexity index is 781. The molecule has 1 heterocycles. The summed E-state index contributed by atoms with van der Waals surface area (Å²) in [5.41, 5.74) is -0.896. The third kappa shape index (κ3) is 1.85. The Balaban J connectivity index is 2.47. The fourth-order valence-electron chi connectivity index (χ4n) is 2.69. The van der Waals surface area contributed by atoms with E-state index in [9.17, 15) is 30.7 Å². The minimum atomic E-state index is -2.32. The molecule has 1 nitrogen and oxygen atoms in total. The van der Waals surface area contributed by atoms with Crippen molar-refractivity contribution >= 4 is 16.5 Å². The van der Waals surface area contributed by atoms with Gasteiger partial charge in [-0.05, 0) is 12.8 Å². The summed E-state index contributed by atoms with van der Waals surface area (Å²) >= 11 is 0. The Labute approximate surface area is 119 Å². The van der Waals surface area contributed by atoms with Gasteiger partial charge in [-0.3, -0.25) is 0 Å². The summed E-state index contributed by atoms with van der Waals surface area (Å²) in [6.07, 6.45) is 1.15. The van der Waals surface area contributed by atoms with Crippen LogP contribution in [0.15, 0.2) is 0 Å². The van der Waals surface area contributed by atoms with Crippen molar-refractivity contribution in [3.05, 3.63) is 40.7 Å². The van der Waals surface area contributed by atoms with Crippen molar-refractivity contribution in [2.75, 3.05) is 18.0 Å². The van der Waals surface area contributed by atoms with Crippen molar-refractivity contribution in [2.24, 2.45) is 0 Å². The first kappa shape index (κ1) is 14.9. The van der Waals surface area contributed by atoms with E-state index >= 15 is 0 Å². The number of hydrogen-bond acceptors (Lipinski definition) is 1. The van der Waals surface area contributed by atoms with Gasteiger partial charge in [-0.25, -0.2) is 30.7 Å². The van der Waals surface area contributed by atoms with Gasteiger partial charge in [0, 0.05) is 13.1 Å². The van der Waals surface area contributed by atoms with Gasteiger partial charge in [-0.1, -0.05) is 0 Å². The lowest BCUT2D eigenvalue weighted by Gasteiger charge is -2.21. The molecule has 1 aliphatic heterocycles. The molecule has 0 N–H and O–H groups in total. The maximum atomic E-state index is 14.4. The van der Waals surface area contributed by atoms with E-state index in [1.54, 1.807) is 0 Å². The summed E-state index contributed by atoms with van der Waals surface area (Å²) in [7, 11) is 0. The Morgan fingerprint density at radius 3 is 1.41 bits per heavy atom. The van der Waals surface area contributed by atoms with E-state index in [2.05, 4.69) is 0 Å². The number of benzene rings is 2. The van der Waals surface area contributed by atoms with Crippen molar-refractivity contribution in [3.63, 3.8) is 0 Å². The van der Waals surface area contributed by atoms with E-state index in [1.165, 1.54) is 0 Å². The number of halogens is 7. The standard InChI is InChI=1S/C14H8F7N/c15-7-5-6(8(16)12(20)11(7)19)10(18)14(13(21)9(5)17)22-3-1-2-4-22/h1-4H2. The van der Waals surface area contributed by atoms with Gasteiger partial charge < -0.3 is 4.90 Å². The molecule has 0 saturated carbocycles. The van der Waals surface area contributed by atoms with Crippen LogP contribution in [-0.4, -0.2) is 13.1 Å².